The largest absolute Gasteiger partial charge is 0.454 e. The number of amides is 2. The molecule has 1 atom stereocenters. The van der Waals surface area contributed by atoms with Crippen LogP contribution in [0.15, 0.2) is 35.7 Å². The van der Waals surface area contributed by atoms with E-state index in [1.807, 2.05) is 47.2 Å². The summed E-state index contributed by atoms with van der Waals surface area (Å²) in [5.74, 6) is 1.17. The van der Waals surface area contributed by atoms with Gasteiger partial charge in [0.1, 0.15) is 11.2 Å². The van der Waals surface area contributed by atoms with Crippen molar-refractivity contribution in [2.24, 2.45) is 0 Å². The number of thiophene rings is 1. The van der Waals surface area contributed by atoms with E-state index in [1.54, 1.807) is 16.2 Å². The summed E-state index contributed by atoms with van der Waals surface area (Å²) in [5, 5.41) is 5.27. The van der Waals surface area contributed by atoms with Crippen molar-refractivity contribution < 1.29 is 19.1 Å². The van der Waals surface area contributed by atoms with E-state index in [1.165, 1.54) is 0 Å². The van der Waals surface area contributed by atoms with E-state index in [9.17, 15) is 9.59 Å². The van der Waals surface area contributed by atoms with Gasteiger partial charge in [0.2, 0.25) is 12.7 Å². The van der Waals surface area contributed by atoms with E-state index >= 15 is 0 Å². The van der Waals surface area contributed by atoms with E-state index < -0.39 is 5.54 Å². The molecule has 2 aromatic heterocycles. The Morgan fingerprint density at radius 1 is 1.19 bits per heavy atom. The van der Waals surface area contributed by atoms with Crippen LogP contribution in [0.1, 0.15) is 48.7 Å². The van der Waals surface area contributed by atoms with Gasteiger partial charge in [0, 0.05) is 12.6 Å². The molecule has 0 saturated heterocycles. The Balaban J connectivity index is 1.39. The third kappa shape index (κ3) is 3.00. The number of hydrogen-bond donors (Lipinski definition) is 1. The monoisotopic (exact) mass is 451 g/mol. The third-order valence-corrected chi connectivity index (χ3v) is 7.86. The molecule has 3 aliphatic rings. The molecule has 4 heterocycles. The van der Waals surface area contributed by atoms with Gasteiger partial charge < -0.3 is 24.3 Å². The minimum Gasteiger partial charge on any atom is -0.454 e. The Bertz CT molecular complexity index is 1230. The van der Waals surface area contributed by atoms with Gasteiger partial charge in [-0.05, 0) is 55.0 Å². The average molecular weight is 452 g/mol. The highest BCUT2D eigenvalue weighted by Gasteiger charge is 2.48. The summed E-state index contributed by atoms with van der Waals surface area (Å²) in [7, 11) is 0. The summed E-state index contributed by atoms with van der Waals surface area (Å²) >= 11 is 1.61. The summed E-state index contributed by atoms with van der Waals surface area (Å²) < 4.78 is 14.0. The van der Waals surface area contributed by atoms with Crippen molar-refractivity contribution in [1.29, 1.82) is 0 Å². The SMILES string of the molecule is CC1(C(=O)NC2CCCC2)Cn2c(cc3sccc32)C(=O)N1Cc1ccc2c(c1)OCO2. The van der Waals surface area contributed by atoms with Crippen LogP contribution in [-0.4, -0.2) is 39.7 Å². The molecule has 6 rings (SSSR count). The van der Waals surface area contributed by atoms with Crippen LogP contribution in [-0.2, 0) is 17.9 Å². The second-order valence-electron chi connectivity index (χ2n) is 9.09. The zero-order valence-corrected chi connectivity index (χ0v) is 18.7. The van der Waals surface area contributed by atoms with Crippen LogP contribution in [0.5, 0.6) is 11.5 Å². The van der Waals surface area contributed by atoms with Crippen LogP contribution in [0.25, 0.3) is 10.2 Å². The number of nitrogens with one attached hydrogen (secondary N) is 1. The molecule has 1 aliphatic carbocycles. The summed E-state index contributed by atoms with van der Waals surface area (Å²) in [4.78, 5) is 29.1. The molecular weight excluding hydrogens is 426 g/mol. The third-order valence-electron chi connectivity index (χ3n) is 7.01. The topological polar surface area (TPSA) is 72.8 Å². The smallest absolute Gasteiger partial charge is 0.271 e. The van der Waals surface area contributed by atoms with Crippen molar-refractivity contribution in [3.63, 3.8) is 0 Å². The predicted octanol–water partition coefficient (Wildman–Crippen LogP) is 3.91. The zero-order valence-electron chi connectivity index (χ0n) is 17.9. The van der Waals surface area contributed by atoms with E-state index in [0.717, 1.165) is 41.5 Å². The molecule has 8 heteroatoms. The second-order valence-corrected chi connectivity index (χ2v) is 10.0. The van der Waals surface area contributed by atoms with Gasteiger partial charge >= 0.3 is 0 Å². The van der Waals surface area contributed by atoms with Gasteiger partial charge in [-0.1, -0.05) is 18.9 Å². The van der Waals surface area contributed by atoms with Gasteiger partial charge in [-0.3, -0.25) is 9.59 Å². The normalized spacial score (nSPS) is 22.5. The maximum Gasteiger partial charge on any atom is 0.271 e. The highest BCUT2D eigenvalue weighted by molar-refractivity contribution is 7.17. The molecular formula is C24H25N3O4S. The number of hydrogen-bond acceptors (Lipinski definition) is 5. The zero-order chi connectivity index (χ0) is 21.9. The maximum atomic E-state index is 13.8. The van der Waals surface area contributed by atoms with Crippen molar-refractivity contribution >= 4 is 33.4 Å². The van der Waals surface area contributed by atoms with Crippen molar-refractivity contribution in [2.75, 3.05) is 6.79 Å². The van der Waals surface area contributed by atoms with Crippen molar-refractivity contribution in [3.05, 3.63) is 47.0 Å². The lowest BCUT2D eigenvalue weighted by Crippen LogP contribution is -2.64. The second kappa shape index (κ2) is 7.27. The van der Waals surface area contributed by atoms with Crippen LogP contribution in [0, 0.1) is 0 Å². The molecule has 1 fully saturated rings. The van der Waals surface area contributed by atoms with Crippen LogP contribution < -0.4 is 14.8 Å². The minimum atomic E-state index is -1.00. The molecule has 2 aliphatic heterocycles. The van der Waals surface area contributed by atoms with Gasteiger partial charge in [0.25, 0.3) is 5.91 Å². The molecule has 3 aromatic rings. The van der Waals surface area contributed by atoms with Crippen molar-refractivity contribution in [1.82, 2.24) is 14.8 Å². The lowest BCUT2D eigenvalue weighted by Gasteiger charge is -2.44. The number of nitrogens with zero attached hydrogens (tertiary/aromatic N) is 2. The average Bonchev–Trinajstić information content (AvgIpc) is 3.56. The Hall–Kier alpha value is -3.00. The highest BCUT2D eigenvalue weighted by Crippen LogP contribution is 2.37. The predicted molar refractivity (Wildman–Crippen MR) is 121 cm³/mol. The fourth-order valence-electron chi connectivity index (χ4n) is 5.15. The highest BCUT2D eigenvalue weighted by atomic mass is 32.1. The van der Waals surface area contributed by atoms with Gasteiger partial charge in [-0.15, -0.1) is 11.3 Å². The first-order valence-corrected chi connectivity index (χ1v) is 12.0. The van der Waals surface area contributed by atoms with E-state index in [4.69, 9.17) is 9.47 Å². The standard InChI is InChI=1S/C24H25N3O4S/c1-24(23(29)25-16-4-2-3-5-16)13-26-17-8-9-32-21(17)11-18(26)22(28)27(24)12-15-6-7-19-20(10-15)31-14-30-19/h6-11,16H,2-5,12-14H2,1H3,(H,25,29). The molecule has 7 nitrogen and oxygen atoms in total. The molecule has 1 saturated carbocycles. The van der Waals surface area contributed by atoms with E-state index in [0.29, 0.717) is 30.3 Å². The first-order valence-electron chi connectivity index (χ1n) is 11.1. The summed E-state index contributed by atoms with van der Waals surface area (Å²) in [6.07, 6.45) is 4.28. The summed E-state index contributed by atoms with van der Waals surface area (Å²) in [6, 6.07) is 9.86. The first kappa shape index (κ1) is 19.7. The maximum absolute atomic E-state index is 13.8. The fourth-order valence-corrected chi connectivity index (χ4v) is 5.98. The molecule has 166 valence electrons. The lowest BCUT2D eigenvalue weighted by molar-refractivity contribution is -0.133. The van der Waals surface area contributed by atoms with Crippen molar-refractivity contribution in [2.45, 2.75) is 57.3 Å². The van der Waals surface area contributed by atoms with Crippen LogP contribution >= 0.6 is 11.3 Å². The summed E-state index contributed by atoms with van der Waals surface area (Å²) in [6.45, 7) is 2.84. The van der Waals surface area contributed by atoms with Gasteiger partial charge in [-0.25, -0.2) is 0 Å². The molecule has 1 unspecified atom stereocenters. The quantitative estimate of drug-likeness (QED) is 0.653. The van der Waals surface area contributed by atoms with Gasteiger partial charge in [-0.2, -0.15) is 0 Å². The van der Waals surface area contributed by atoms with Gasteiger partial charge in [0.05, 0.1) is 16.8 Å². The van der Waals surface area contributed by atoms with Crippen LogP contribution in [0.3, 0.4) is 0 Å². The molecule has 0 bridgehead atoms. The van der Waals surface area contributed by atoms with Gasteiger partial charge in [0.15, 0.2) is 11.5 Å². The Kier molecular flexibility index (Phi) is 4.47. The number of carbonyl (C=O) groups is 2. The molecule has 1 N–H and O–H groups in total. The molecule has 2 amide bonds. The van der Waals surface area contributed by atoms with E-state index in [2.05, 4.69) is 5.32 Å². The Morgan fingerprint density at radius 2 is 2.00 bits per heavy atom. The number of carbonyl (C=O) groups excluding carboxylic acids is 2. The Labute approximate surface area is 189 Å². The lowest BCUT2D eigenvalue weighted by atomic mass is 9.93. The first-order chi connectivity index (χ1) is 15.5. The molecule has 1 aromatic carbocycles. The number of rotatable bonds is 4. The Morgan fingerprint density at radius 3 is 2.84 bits per heavy atom. The summed E-state index contributed by atoms with van der Waals surface area (Å²) in [5.41, 5.74) is 1.56. The number of aromatic nitrogens is 1. The molecule has 32 heavy (non-hydrogen) atoms. The number of ether oxygens (including phenoxy) is 2. The fraction of sp³-hybridized carbons (Fsp3) is 0.417. The minimum absolute atomic E-state index is 0.0822. The van der Waals surface area contributed by atoms with Crippen LogP contribution in [0.2, 0.25) is 0 Å². The molecule has 0 spiro atoms. The number of benzene rings is 1. The van der Waals surface area contributed by atoms with Crippen molar-refractivity contribution in [3.8, 4) is 11.5 Å². The number of fused-ring (bicyclic) bond motifs is 4. The van der Waals surface area contributed by atoms with Crippen LogP contribution in [0.4, 0.5) is 0 Å². The molecule has 0 radical (unpaired) electrons. The van der Waals surface area contributed by atoms with E-state index in [-0.39, 0.29) is 24.6 Å².